The first-order chi connectivity index (χ1) is 6.77. The topological polar surface area (TPSA) is 43.6 Å². The molecule has 2 heterocycles. The Morgan fingerprint density at radius 1 is 1.14 bits per heavy atom. The zero-order valence-electron chi connectivity index (χ0n) is 8.25. The zero-order valence-corrected chi connectivity index (χ0v) is 8.25. The van der Waals surface area contributed by atoms with Crippen molar-refractivity contribution in [3.63, 3.8) is 0 Å². The Morgan fingerprint density at radius 3 is 2.50 bits per heavy atom. The van der Waals surface area contributed by atoms with Gasteiger partial charge in [-0.25, -0.2) is 4.98 Å². The van der Waals surface area contributed by atoms with Crippen LogP contribution in [0.1, 0.15) is 25.5 Å². The lowest BCUT2D eigenvalue weighted by Crippen LogP contribution is -2.03. The molecule has 0 aliphatic rings. The van der Waals surface area contributed by atoms with Crippen LogP contribution in [0.5, 0.6) is 0 Å². The summed E-state index contributed by atoms with van der Waals surface area (Å²) in [6.45, 7) is 4.23. The average molecular weight is 188 g/mol. The van der Waals surface area contributed by atoms with Gasteiger partial charge < -0.3 is 0 Å². The van der Waals surface area contributed by atoms with Crippen molar-refractivity contribution in [2.24, 2.45) is 0 Å². The highest BCUT2D eigenvalue weighted by atomic mass is 15.5. The second-order valence-corrected chi connectivity index (χ2v) is 3.39. The van der Waals surface area contributed by atoms with Crippen LogP contribution in [0.25, 0.3) is 5.82 Å². The molecule has 0 saturated heterocycles. The van der Waals surface area contributed by atoms with Crippen molar-refractivity contribution in [1.29, 1.82) is 0 Å². The SMILES string of the molecule is CC(C)c1cccc(-n2nccn2)n1. The number of hydrogen-bond donors (Lipinski definition) is 0. The van der Waals surface area contributed by atoms with Gasteiger partial charge >= 0.3 is 0 Å². The summed E-state index contributed by atoms with van der Waals surface area (Å²) in [5.74, 6) is 1.19. The van der Waals surface area contributed by atoms with Gasteiger partial charge in [0.1, 0.15) is 0 Å². The van der Waals surface area contributed by atoms with Crippen LogP contribution in [0.4, 0.5) is 0 Å². The maximum Gasteiger partial charge on any atom is 0.174 e. The largest absolute Gasteiger partial charge is 0.232 e. The maximum absolute atomic E-state index is 4.45. The predicted octanol–water partition coefficient (Wildman–Crippen LogP) is 1.79. The Bertz CT molecular complexity index is 406. The fourth-order valence-corrected chi connectivity index (χ4v) is 1.21. The molecule has 0 unspecified atom stereocenters. The first kappa shape index (κ1) is 8.87. The van der Waals surface area contributed by atoms with Crippen molar-refractivity contribution >= 4 is 0 Å². The third-order valence-corrected chi connectivity index (χ3v) is 1.97. The minimum Gasteiger partial charge on any atom is -0.232 e. The Kier molecular flexibility index (Phi) is 2.26. The molecule has 0 bridgehead atoms. The van der Waals surface area contributed by atoms with E-state index < -0.39 is 0 Å². The van der Waals surface area contributed by atoms with Crippen LogP contribution in [-0.2, 0) is 0 Å². The molecule has 14 heavy (non-hydrogen) atoms. The quantitative estimate of drug-likeness (QED) is 0.721. The molecule has 0 aliphatic heterocycles. The molecule has 0 saturated carbocycles. The molecule has 2 rings (SSSR count). The first-order valence-corrected chi connectivity index (χ1v) is 4.61. The third-order valence-electron chi connectivity index (χ3n) is 1.97. The summed E-state index contributed by atoms with van der Waals surface area (Å²) in [6, 6.07) is 5.88. The molecular weight excluding hydrogens is 176 g/mol. The highest BCUT2D eigenvalue weighted by molar-refractivity contribution is 5.23. The smallest absolute Gasteiger partial charge is 0.174 e. The minimum absolute atomic E-state index is 0.422. The van der Waals surface area contributed by atoms with Gasteiger partial charge in [-0.05, 0) is 18.1 Å². The second kappa shape index (κ2) is 3.57. The molecule has 0 aliphatic carbocycles. The Morgan fingerprint density at radius 2 is 1.86 bits per heavy atom. The van der Waals surface area contributed by atoms with E-state index in [9.17, 15) is 0 Å². The Hall–Kier alpha value is -1.71. The van der Waals surface area contributed by atoms with Gasteiger partial charge in [0.05, 0.1) is 12.4 Å². The lowest BCUT2D eigenvalue weighted by molar-refractivity contribution is 0.712. The molecule has 0 aromatic carbocycles. The number of aromatic nitrogens is 4. The van der Waals surface area contributed by atoms with Crippen molar-refractivity contribution in [2.45, 2.75) is 19.8 Å². The van der Waals surface area contributed by atoms with Gasteiger partial charge in [-0.2, -0.15) is 10.2 Å². The monoisotopic (exact) mass is 188 g/mol. The maximum atomic E-state index is 4.45. The van der Waals surface area contributed by atoms with Crippen molar-refractivity contribution < 1.29 is 0 Å². The second-order valence-electron chi connectivity index (χ2n) is 3.39. The van der Waals surface area contributed by atoms with Gasteiger partial charge in [0.15, 0.2) is 5.82 Å². The molecule has 0 amide bonds. The van der Waals surface area contributed by atoms with Gasteiger partial charge in [-0.3, -0.25) is 0 Å². The van der Waals surface area contributed by atoms with Gasteiger partial charge in [0.2, 0.25) is 0 Å². The summed E-state index contributed by atoms with van der Waals surface area (Å²) in [5.41, 5.74) is 1.06. The third kappa shape index (κ3) is 1.64. The molecule has 2 aromatic heterocycles. The summed E-state index contributed by atoms with van der Waals surface area (Å²) in [7, 11) is 0. The molecule has 0 atom stereocenters. The van der Waals surface area contributed by atoms with Crippen molar-refractivity contribution in [1.82, 2.24) is 20.0 Å². The van der Waals surface area contributed by atoms with E-state index in [1.807, 2.05) is 18.2 Å². The molecule has 0 spiro atoms. The summed E-state index contributed by atoms with van der Waals surface area (Å²) in [6.07, 6.45) is 3.29. The molecule has 0 N–H and O–H groups in total. The van der Waals surface area contributed by atoms with E-state index in [2.05, 4.69) is 29.0 Å². The molecule has 4 heteroatoms. The number of nitrogens with zero attached hydrogens (tertiary/aromatic N) is 4. The minimum atomic E-state index is 0.422. The highest BCUT2D eigenvalue weighted by Gasteiger charge is 2.03. The van der Waals surface area contributed by atoms with Crippen LogP contribution in [0.2, 0.25) is 0 Å². The summed E-state index contributed by atoms with van der Waals surface area (Å²) in [5, 5.41) is 8.06. The molecule has 0 fully saturated rings. The molecule has 0 radical (unpaired) electrons. The van der Waals surface area contributed by atoms with Gasteiger partial charge in [0, 0.05) is 5.69 Å². The normalized spacial score (nSPS) is 10.8. The van der Waals surface area contributed by atoms with Crippen molar-refractivity contribution in [3.8, 4) is 5.82 Å². The Balaban J connectivity index is 2.41. The van der Waals surface area contributed by atoms with Crippen LogP contribution in [0.3, 0.4) is 0 Å². The van der Waals surface area contributed by atoms with E-state index in [1.165, 1.54) is 4.80 Å². The van der Waals surface area contributed by atoms with Gasteiger partial charge in [0.25, 0.3) is 0 Å². The van der Waals surface area contributed by atoms with E-state index in [-0.39, 0.29) is 0 Å². The van der Waals surface area contributed by atoms with Gasteiger partial charge in [-0.15, -0.1) is 4.80 Å². The van der Waals surface area contributed by atoms with Crippen LogP contribution in [-0.4, -0.2) is 20.0 Å². The number of rotatable bonds is 2. The van der Waals surface area contributed by atoms with Gasteiger partial charge in [-0.1, -0.05) is 19.9 Å². The number of pyridine rings is 1. The molecule has 72 valence electrons. The van der Waals surface area contributed by atoms with Crippen LogP contribution in [0, 0.1) is 0 Å². The number of hydrogen-bond acceptors (Lipinski definition) is 3. The lowest BCUT2D eigenvalue weighted by Gasteiger charge is -2.05. The van der Waals surface area contributed by atoms with Crippen LogP contribution < -0.4 is 0 Å². The molecular formula is C10H12N4. The zero-order chi connectivity index (χ0) is 9.97. The summed E-state index contributed by atoms with van der Waals surface area (Å²) < 4.78 is 0. The fourth-order valence-electron chi connectivity index (χ4n) is 1.21. The van der Waals surface area contributed by atoms with E-state index in [0.717, 1.165) is 11.5 Å². The fraction of sp³-hybridized carbons (Fsp3) is 0.300. The van der Waals surface area contributed by atoms with Crippen LogP contribution >= 0.6 is 0 Å². The van der Waals surface area contributed by atoms with Crippen molar-refractivity contribution in [3.05, 3.63) is 36.3 Å². The lowest BCUT2D eigenvalue weighted by atomic mass is 10.1. The molecule has 2 aromatic rings. The summed E-state index contributed by atoms with van der Waals surface area (Å²) in [4.78, 5) is 5.97. The first-order valence-electron chi connectivity index (χ1n) is 4.61. The standard InChI is InChI=1S/C10H12N4/c1-8(2)9-4-3-5-10(13-9)14-11-6-7-12-14/h3-8H,1-2H3. The average Bonchev–Trinajstić information content (AvgIpc) is 2.71. The summed E-state index contributed by atoms with van der Waals surface area (Å²) >= 11 is 0. The Labute approximate surface area is 82.6 Å². The van der Waals surface area contributed by atoms with E-state index in [4.69, 9.17) is 0 Å². The predicted molar refractivity (Wildman–Crippen MR) is 53.2 cm³/mol. The van der Waals surface area contributed by atoms with E-state index in [0.29, 0.717) is 5.92 Å². The van der Waals surface area contributed by atoms with E-state index >= 15 is 0 Å². The van der Waals surface area contributed by atoms with E-state index in [1.54, 1.807) is 12.4 Å². The highest BCUT2D eigenvalue weighted by Crippen LogP contribution is 2.12. The van der Waals surface area contributed by atoms with Crippen LogP contribution in [0.15, 0.2) is 30.6 Å². The van der Waals surface area contributed by atoms with Crippen molar-refractivity contribution in [2.75, 3.05) is 0 Å². The molecule has 4 nitrogen and oxygen atoms in total.